The summed E-state index contributed by atoms with van der Waals surface area (Å²) in [6.07, 6.45) is 2.63. The monoisotopic (exact) mass is 460 g/mol. The molecule has 0 aliphatic carbocycles. The normalized spacial score (nSPS) is 16.5. The third-order valence-electron chi connectivity index (χ3n) is 6.60. The van der Waals surface area contributed by atoms with Crippen LogP contribution in [-0.2, 0) is 6.54 Å². The minimum absolute atomic E-state index is 0.00604. The summed E-state index contributed by atoms with van der Waals surface area (Å²) in [6, 6.07) is 15.8. The molecule has 0 saturated carbocycles. The topological polar surface area (TPSA) is 58.1 Å². The number of benzene rings is 2. The number of ether oxygens (including phenoxy) is 2. The lowest BCUT2D eigenvalue weighted by Gasteiger charge is -2.33. The number of piperazine rings is 1. The van der Waals surface area contributed by atoms with Gasteiger partial charge in [-0.2, -0.15) is 0 Å². The second-order valence-corrected chi connectivity index (χ2v) is 9.12. The van der Waals surface area contributed by atoms with Gasteiger partial charge in [0.2, 0.25) is 0 Å². The van der Waals surface area contributed by atoms with Crippen molar-refractivity contribution in [2.24, 2.45) is 0 Å². The third kappa shape index (κ3) is 5.32. The molecule has 0 N–H and O–H groups in total. The highest BCUT2D eigenvalue weighted by Crippen LogP contribution is 2.31. The molecule has 7 heteroatoms. The lowest BCUT2D eigenvalue weighted by molar-refractivity contribution is 0.0728. The molecule has 178 valence electrons. The highest BCUT2D eigenvalue weighted by Gasteiger charge is 2.20. The zero-order valence-corrected chi connectivity index (χ0v) is 19.8. The van der Waals surface area contributed by atoms with Crippen LogP contribution in [0.2, 0.25) is 0 Å². The predicted molar refractivity (Wildman–Crippen MR) is 132 cm³/mol. The average molecular weight is 461 g/mol. The number of para-hydroxylation sites is 1. The Morgan fingerprint density at radius 2 is 1.79 bits per heavy atom. The fourth-order valence-corrected chi connectivity index (χ4v) is 4.59. The summed E-state index contributed by atoms with van der Waals surface area (Å²) in [5.41, 5.74) is 2.55. The summed E-state index contributed by atoms with van der Waals surface area (Å²) in [5, 5.41) is 0.977. The van der Waals surface area contributed by atoms with Crippen molar-refractivity contribution in [2.45, 2.75) is 13.0 Å². The summed E-state index contributed by atoms with van der Waals surface area (Å²) >= 11 is 0. The minimum Gasteiger partial charge on any atom is -0.486 e. The van der Waals surface area contributed by atoms with Crippen molar-refractivity contribution < 1.29 is 14.3 Å². The Morgan fingerprint density at radius 1 is 1.00 bits per heavy atom. The molecule has 1 saturated heterocycles. The van der Waals surface area contributed by atoms with Crippen LogP contribution in [0, 0.1) is 0 Å². The number of hydrogen-bond donors (Lipinski definition) is 0. The highest BCUT2D eigenvalue weighted by molar-refractivity contribution is 5.97. The third-order valence-corrected chi connectivity index (χ3v) is 6.60. The lowest BCUT2D eigenvalue weighted by Crippen LogP contribution is -2.45. The van der Waals surface area contributed by atoms with Crippen molar-refractivity contribution in [3.05, 3.63) is 65.9 Å². The molecule has 34 heavy (non-hydrogen) atoms. The van der Waals surface area contributed by atoms with E-state index < -0.39 is 0 Å². The molecule has 2 aromatic carbocycles. The van der Waals surface area contributed by atoms with Gasteiger partial charge in [-0.3, -0.25) is 9.78 Å². The molecule has 0 radical (unpaired) electrons. The van der Waals surface area contributed by atoms with Crippen molar-refractivity contribution in [1.29, 1.82) is 0 Å². The summed E-state index contributed by atoms with van der Waals surface area (Å²) in [7, 11) is 2.17. The molecule has 7 nitrogen and oxygen atoms in total. The Kier molecular flexibility index (Phi) is 6.92. The van der Waals surface area contributed by atoms with E-state index in [0.717, 1.165) is 67.1 Å². The molecule has 0 spiro atoms. The number of amides is 1. The summed E-state index contributed by atoms with van der Waals surface area (Å²) in [4.78, 5) is 24.9. The average Bonchev–Trinajstić information content (AvgIpc) is 2.88. The fourth-order valence-electron chi connectivity index (χ4n) is 4.59. The van der Waals surface area contributed by atoms with Crippen molar-refractivity contribution in [3.8, 4) is 11.5 Å². The molecule has 5 rings (SSSR count). The van der Waals surface area contributed by atoms with E-state index in [1.54, 1.807) is 6.20 Å². The molecule has 3 aromatic rings. The van der Waals surface area contributed by atoms with Crippen LogP contribution in [0.1, 0.15) is 22.3 Å². The van der Waals surface area contributed by atoms with E-state index in [1.165, 1.54) is 0 Å². The van der Waals surface area contributed by atoms with Gasteiger partial charge in [0.05, 0.1) is 11.1 Å². The fraction of sp³-hybridized carbons (Fsp3) is 0.407. The quantitative estimate of drug-likeness (QED) is 0.539. The SMILES string of the molecule is CN1CCN(CCCN(Cc2ccc3c(c2)OCCO3)C(=O)c2cnc3ccccc3c2)CC1. The summed E-state index contributed by atoms with van der Waals surface area (Å²) < 4.78 is 11.4. The van der Waals surface area contributed by atoms with Crippen LogP contribution in [0.5, 0.6) is 11.5 Å². The first-order chi connectivity index (χ1) is 16.7. The van der Waals surface area contributed by atoms with Crippen LogP contribution in [0.4, 0.5) is 0 Å². The van der Waals surface area contributed by atoms with E-state index in [4.69, 9.17) is 9.47 Å². The van der Waals surface area contributed by atoms with Crippen LogP contribution < -0.4 is 9.47 Å². The minimum atomic E-state index is 0.00604. The zero-order valence-electron chi connectivity index (χ0n) is 19.8. The molecule has 0 bridgehead atoms. The second-order valence-electron chi connectivity index (χ2n) is 9.12. The van der Waals surface area contributed by atoms with Gasteiger partial charge in [-0.15, -0.1) is 0 Å². The van der Waals surface area contributed by atoms with Gasteiger partial charge in [0.1, 0.15) is 13.2 Å². The van der Waals surface area contributed by atoms with Crippen molar-refractivity contribution in [1.82, 2.24) is 19.7 Å². The number of aromatic nitrogens is 1. The molecular formula is C27H32N4O3. The molecule has 2 aliphatic rings. The van der Waals surface area contributed by atoms with Gasteiger partial charge >= 0.3 is 0 Å². The van der Waals surface area contributed by atoms with Gasteiger partial charge in [0.15, 0.2) is 11.5 Å². The number of hydrogen-bond acceptors (Lipinski definition) is 6. The van der Waals surface area contributed by atoms with Gasteiger partial charge in [-0.1, -0.05) is 24.3 Å². The Labute approximate surface area is 200 Å². The number of carbonyl (C=O) groups excluding carboxylic acids is 1. The maximum Gasteiger partial charge on any atom is 0.255 e. The molecule has 2 aliphatic heterocycles. The van der Waals surface area contributed by atoms with E-state index in [-0.39, 0.29) is 5.91 Å². The number of likely N-dealkylation sites (N-methyl/N-ethyl adjacent to an activating group) is 1. The van der Waals surface area contributed by atoms with Gasteiger partial charge < -0.3 is 24.2 Å². The van der Waals surface area contributed by atoms with Crippen molar-refractivity contribution in [3.63, 3.8) is 0 Å². The van der Waals surface area contributed by atoms with E-state index in [2.05, 4.69) is 21.8 Å². The second kappa shape index (κ2) is 10.4. The predicted octanol–water partition coefficient (Wildman–Crippen LogP) is 3.29. The van der Waals surface area contributed by atoms with E-state index in [9.17, 15) is 4.79 Å². The van der Waals surface area contributed by atoms with Gasteiger partial charge in [0.25, 0.3) is 5.91 Å². The number of carbonyl (C=O) groups is 1. The molecule has 1 amide bonds. The first kappa shape index (κ1) is 22.6. The van der Waals surface area contributed by atoms with Crippen LogP contribution in [-0.4, -0.2) is 85.1 Å². The van der Waals surface area contributed by atoms with Crippen LogP contribution in [0.25, 0.3) is 10.9 Å². The summed E-state index contributed by atoms with van der Waals surface area (Å²) in [6.45, 7) is 7.69. The lowest BCUT2D eigenvalue weighted by atomic mass is 10.1. The molecular weight excluding hydrogens is 428 g/mol. The molecule has 1 fully saturated rings. The smallest absolute Gasteiger partial charge is 0.255 e. The number of rotatable bonds is 7. The highest BCUT2D eigenvalue weighted by atomic mass is 16.6. The summed E-state index contributed by atoms with van der Waals surface area (Å²) in [5.74, 6) is 1.52. The van der Waals surface area contributed by atoms with Gasteiger partial charge in [-0.25, -0.2) is 0 Å². The van der Waals surface area contributed by atoms with Crippen LogP contribution in [0.15, 0.2) is 54.7 Å². The maximum absolute atomic E-state index is 13.6. The maximum atomic E-state index is 13.6. The Hall–Kier alpha value is -3.16. The molecule has 0 atom stereocenters. The van der Waals surface area contributed by atoms with E-state index in [1.807, 2.05) is 53.4 Å². The zero-order chi connectivity index (χ0) is 23.3. The Balaban J connectivity index is 1.32. The molecule has 0 unspecified atom stereocenters. The van der Waals surface area contributed by atoms with Crippen LogP contribution in [0.3, 0.4) is 0 Å². The standard InChI is InChI=1S/C27H32N4O3/c1-29-11-13-30(14-12-29)9-4-10-31(20-21-7-8-25-26(17-21)34-16-15-33-25)27(32)23-18-22-5-2-3-6-24(22)28-19-23/h2-3,5-8,17-19H,4,9-16,20H2,1H3. The van der Waals surface area contributed by atoms with Crippen molar-refractivity contribution in [2.75, 3.05) is 59.5 Å². The van der Waals surface area contributed by atoms with E-state index >= 15 is 0 Å². The largest absolute Gasteiger partial charge is 0.486 e. The Morgan fingerprint density at radius 3 is 2.65 bits per heavy atom. The number of nitrogens with zero attached hydrogens (tertiary/aromatic N) is 4. The number of fused-ring (bicyclic) bond motifs is 2. The van der Waals surface area contributed by atoms with Crippen LogP contribution >= 0.6 is 0 Å². The Bertz CT molecular complexity index is 1140. The molecule has 3 heterocycles. The van der Waals surface area contributed by atoms with Gasteiger partial charge in [-0.05, 0) is 49.8 Å². The first-order valence-electron chi connectivity index (χ1n) is 12.1. The molecule has 1 aromatic heterocycles. The number of pyridine rings is 1. The van der Waals surface area contributed by atoms with Crippen molar-refractivity contribution >= 4 is 16.8 Å². The van der Waals surface area contributed by atoms with E-state index in [0.29, 0.717) is 31.9 Å². The van der Waals surface area contributed by atoms with Gasteiger partial charge in [0, 0.05) is 50.9 Å². The first-order valence-corrected chi connectivity index (χ1v) is 12.1.